The summed E-state index contributed by atoms with van der Waals surface area (Å²) in [6.45, 7) is 1.88. The number of aromatic nitrogens is 3. The maximum Gasteiger partial charge on any atom is 0.198 e. The molecular formula is C18H20N4O2S. The molecule has 1 aromatic carbocycles. The predicted octanol–water partition coefficient (Wildman–Crippen LogP) is 3.51. The lowest BCUT2D eigenvalue weighted by molar-refractivity contribution is 0.0721. The zero-order valence-electron chi connectivity index (χ0n) is 14.3. The molecule has 1 unspecified atom stereocenters. The van der Waals surface area contributed by atoms with E-state index in [2.05, 4.69) is 27.2 Å². The second kappa shape index (κ2) is 6.93. The third-order valence-corrected chi connectivity index (χ3v) is 5.44. The van der Waals surface area contributed by atoms with Crippen molar-refractivity contribution in [1.82, 2.24) is 19.7 Å². The molecule has 3 aromatic rings. The van der Waals surface area contributed by atoms with E-state index in [1.807, 2.05) is 35.9 Å². The van der Waals surface area contributed by atoms with Crippen LogP contribution in [-0.2, 0) is 13.6 Å². The Morgan fingerprint density at radius 3 is 2.96 bits per heavy atom. The second-order valence-electron chi connectivity index (χ2n) is 6.10. The minimum atomic E-state index is 0.426. The van der Waals surface area contributed by atoms with E-state index in [1.54, 1.807) is 13.4 Å². The number of furan rings is 1. The van der Waals surface area contributed by atoms with Crippen molar-refractivity contribution in [1.29, 1.82) is 0 Å². The average Bonchev–Trinajstić information content (AvgIpc) is 3.22. The molecule has 2 aromatic heterocycles. The van der Waals surface area contributed by atoms with Gasteiger partial charge in [-0.2, -0.15) is 0 Å². The normalized spacial score (nSPS) is 17.4. The van der Waals surface area contributed by atoms with Crippen LogP contribution in [0.5, 0.6) is 5.75 Å². The van der Waals surface area contributed by atoms with Crippen LogP contribution in [-0.4, -0.2) is 33.3 Å². The van der Waals surface area contributed by atoms with Crippen molar-refractivity contribution in [2.45, 2.75) is 29.3 Å². The zero-order valence-corrected chi connectivity index (χ0v) is 15.1. The van der Waals surface area contributed by atoms with E-state index < -0.39 is 0 Å². The molecule has 130 valence electrons. The van der Waals surface area contributed by atoms with Crippen LogP contribution in [0.4, 0.5) is 0 Å². The minimum absolute atomic E-state index is 0.426. The first-order chi connectivity index (χ1) is 12.2. The van der Waals surface area contributed by atoms with Gasteiger partial charge >= 0.3 is 0 Å². The Balaban J connectivity index is 1.41. The Bertz CT molecular complexity index is 860. The van der Waals surface area contributed by atoms with Gasteiger partial charge in [-0.3, -0.25) is 4.90 Å². The minimum Gasteiger partial charge on any atom is -0.497 e. The fraction of sp³-hybridized carbons (Fsp3) is 0.333. The number of nitrogens with zero attached hydrogens (tertiary/aromatic N) is 4. The Kier molecular flexibility index (Phi) is 4.50. The number of hydrogen-bond acceptors (Lipinski definition) is 6. The highest BCUT2D eigenvalue weighted by Gasteiger charge is 2.30. The van der Waals surface area contributed by atoms with E-state index in [9.17, 15) is 0 Å². The summed E-state index contributed by atoms with van der Waals surface area (Å²) in [5.74, 6) is 1.88. The maximum absolute atomic E-state index is 5.96. The monoisotopic (exact) mass is 356 g/mol. The molecule has 0 saturated carbocycles. The van der Waals surface area contributed by atoms with Gasteiger partial charge in [0.05, 0.1) is 13.7 Å². The topological polar surface area (TPSA) is 56.3 Å². The molecule has 4 rings (SSSR count). The van der Waals surface area contributed by atoms with Gasteiger partial charge in [0.15, 0.2) is 10.2 Å². The quantitative estimate of drug-likeness (QED) is 0.674. The van der Waals surface area contributed by atoms with Gasteiger partial charge in [-0.05, 0) is 48.0 Å². The fourth-order valence-corrected chi connectivity index (χ4v) is 3.75. The van der Waals surface area contributed by atoms with Crippen LogP contribution in [0.1, 0.15) is 23.8 Å². The van der Waals surface area contributed by atoms with E-state index in [-0.39, 0.29) is 0 Å². The highest BCUT2D eigenvalue weighted by Crippen LogP contribution is 2.36. The summed E-state index contributed by atoms with van der Waals surface area (Å²) in [6, 6.07) is 12.8. The molecule has 3 heterocycles. The molecule has 1 saturated heterocycles. The van der Waals surface area contributed by atoms with Crippen molar-refractivity contribution in [3.63, 3.8) is 0 Å². The highest BCUT2D eigenvalue weighted by atomic mass is 32.2. The molecule has 7 heteroatoms. The Morgan fingerprint density at radius 1 is 1.32 bits per heavy atom. The molecular weight excluding hydrogens is 336 g/mol. The summed E-state index contributed by atoms with van der Waals surface area (Å²) in [4.78, 5) is 2.42. The molecule has 1 fully saturated rings. The first kappa shape index (κ1) is 16.2. The molecule has 1 aliphatic heterocycles. The lowest BCUT2D eigenvalue weighted by Crippen LogP contribution is -2.40. The fourth-order valence-electron chi connectivity index (χ4n) is 3.01. The Labute approximate surface area is 150 Å². The number of methoxy groups -OCH3 is 1. The second-order valence-corrected chi connectivity index (χ2v) is 7.07. The molecule has 0 aliphatic carbocycles. The van der Waals surface area contributed by atoms with E-state index >= 15 is 0 Å². The van der Waals surface area contributed by atoms with Gasteiger partial charge in [-0.1, -0.05) is 12.1 Å². The molecule has 0 N–H and O–H groups in total. The largest absolute Gasteiger partial charge is 0.497 e. The highest BCUT2D eigenvalue weighted by molar-refractivity contribution is 7.99. The van der Waals surface area contributed by atoms with Crippen LogP contribution < -0.4 is 4.74 Å². The number of aryl methyl sites for hydroxylation is 1. The van der Waals surface area contributed by atoms with E-state index in [4.69, 9.17) is 9.15 Å². The number of likely N-dealkylation sites (tertiary alicyclic amines) is 1. The van der Waals surface area contributed by atoms with Crippen LogP contribution >= 0.6 is 11.8 Å². The smallest absolute Gasteiger partial charge is 0.198 e. The van der Waals surface area contributed by atoms with Crippen LogP contribution in [0, 0.1) is 0 Å². The first-order valence-electron chi connectivity index (χ1n) is 8.21. The summed E-state index contributed by atoms with van der Waals surface area (Å²) in [6.07, 6.45) is 2.85. The maximum atomic E-state index is 5.96. The summed E-state index contributed by atoms with van der Waals surface area (Å²) >= 11 is 1.48. The predicted molar refractivity (Wildman–Crippen MR) is 94.6 cm³/mol. The van der Waals surface area contributed by atoms with Gasteiger partial charge < -0.3 is 13.7 Å². The van der Waals surface area contributed by atoms with E-state index in [1.165, 1.54) is 17.3 Å². The standard InChI is InChI=1S/C18H20N4O2S/c1-21-12-19-20-18(21)25-17-7-6-15(24-17)11-22-9-8-16(22)13-4-3-5-14(10-13)23-2/h3-7,10,12,16H,8-9,11H2,1-2H3. The van der Waals surface area contributed by atoms with Gasteiger partial charge in [0.25, 0.3) is 0 Å². The third-order valence-electron chi connectivity index (χ3n) is 4.47. The lowest BCUT2D eigenvalue weighted by Gasteiger charge is -2.40. The van der Waals surface area contributed by atoms with Crippen molar-refractivity contribution < 1.29 is 9.15 Å². The molecule has 25 heavy (non-hydrogen) atoms. The van der Waals surface area contributed by atoms with Crippen molar-refractivity contribution in [2.75, 3.05) is 13.7 Å². The zero-order chi connectivity index (χ0) is 17.2. The van der Waals surface area contributed by atoms with Gasteiger partial charge in [0.1, 0.15) is 17.8 Å². The molecule has 1 atom stereocenters. The Morgan fingerprint density at radius 2 is 2.24 bits per heavy atom. The average molecular weight is 356 g/mol. The summed E-state index contributed by atoms with van der Waals surface area (Å²) in [7, 11) is 3.63. The molecule has 6 nitrogen and oxygen atoms in total. The number of rotatable bonds is 6. The number of hydrogen-bond donors (Lipinski definition) is 0. The summed E-state index contributed by atoms with van der Waals surface area (Å²) < 4.78 is 13.2. The number of ether oxygens (including phenoxy) is 1. The van der Waals surface area contributed by atoms with Crippen molar-refractivity contribution >= 4 is 11.8 Å². The van der Waals surface area contributed by atoms with Gasteiger partial charge in [0.2, 0.25) is 0 Å². The van der Waals surface area contributed by atoms with Crippen LogP contribution in [0.25, 0.3) is 0 Å². The molecule has 0 spiro atoms. The molecule has 0 radical (unpaired) electrons. The lowest BCUT2D eigenvalue weighted by atomic mass is 9.94. The van der Waals surface area contributed by atoms with Gasteiger partial charge in [-0.25, -0.2) is 0 Å². The SMILES string of the molecule is COc1cccc(C2CCN2Cc2ccc(Sc3nncn3C)o2)c1. The van der Waals surface area contributed by atoms with Crippen molar-refractivity contribution in [2.24, 2.45) is 7.05 Å². The van der Waals surface area contributed by atoms with Crippen LogP contribution in [0.3, 0.4) is 0 Å². The molecule has 0 bridgehead atoms. The molecule has 0 amide bonds. The van der Waals surface area contributed by atoms with Gasteiger partial charge in [0, 0.05) is 19.6 Å². The van der Waals surface area contributed by atoms with Crippen LogP contribution in [0.15, 0.2) is 57.4 Å². The van der Waals surface area contributed by atoms with Crippen molar-refractivity contribution in [3.8, 4) is 5.75 Å². The summed E-state index contributed by atoms with van der Waals surface area (Å²) in [5.41, 5.74) is 1.30. The Hall–Kier alpha value is -2.25. The molecule has 1 aliphatic rings. The van der Waals surface area contributed by atoms with E-state index in [0.29, 0.717) is 6.04 Å². The van der Waals surface area contributed by atoms with Gasteiger partial charge in [-0.15, -0.1) is 10.2 Å². The third kappa shape index (κ3) is 3.43. The van der Waals surface area contributed by atoms with Crippen LogP contribution in [0.2, 0.25) is 0 Å². The van der Waals surface area contributed by atoms with Crippen molar-refractivity contribution in [3.05, 3.63) is 54.0 Å². The van der Waals surface area contributed by atoms with E-state index in [0.717, 1.165) is 41.3 Å². The number of benzene rings is 1. The first-order valence-corrected chi connectivity index (χ1v) is 9.03. The summed E-state index contributed by atoms with van der Waals surface area (Å²) in [5, 5.41) is 9.61.